The Morgan fingerprint density at radius 1 is 1.06 bits per heavy atom. The monoisotopic (exact) mass is 460 g/mol. The van der Waals surface area contributed by atoms with Crippen molar-refractivity contribution in [2.45, 2.75) is 32.7 Å². The fourth-order valence-corrected chi connectivity index (χ4v) is 4.72. The molecule has 2 N–H and O–H groups in total. The molecule has 2 aliphatic heterocycles. The number of anilines is 3. The number of hydrogen-bond acceptors (Lipinski definition) is 6. The highest BCUT2D eigenvalue weighted by molar-refractivity contribution is 6.07. The number of fused-ring (bicyclic) bond motifs is 1. The Kier molecular flexibility index (Phi) is 5.91. The van der Waals surface area contributed by atoms with E-state index in [-0.39, 0.29) is 17.8 Å². The summed E-state index contributed by atoms with van der Waals surface area (Å²) in [6.07, 6.45) is 1.98. The molecule has 1 amide bonds. The summed E-state index contributed by atoms with van der Waals surface area (Å²) in [7, 11) is 2.12. The van der Waals surface area contributed by atoms with Crippen LogP contribution < -0.4 is 15.5 Å². The van der Waals surface area contributed by atoms with Gasteiger partial charge in [-0.3, -0.25) is 4.79 Å². The topological polar surface area (TPSA) is 73.4 Å². The van der Waals surface area contributed by atoms with Gasteiger partial charge in [0.25, 0.3) is 5.91 Å². The summed E-state index contributed by atoms with van der Waals surface area (Å²) in [5.74, 6) is 0.492. The molecule has 1 saturated heterocycles. The number of piperidine rings is 1. The van der Waals surface area contributed by atoms with Gasteiger partial charge in [-0.25, -0.2) is 9.37 Å². The number of aromatic nitrogens is 2. The summed E-state index contributed by atoms with van der Waals surface area (Å²) in [6.45, 7) is 6.18. The number of halogens is 1. The third-order valence-corrected chi connectivity index (χ3v) is 6.67. The predicted molar refractivity (Wildman–Crippen MR) is 132 cm³/mol. The number of likely N-dealkylation sites (tertiary alicyclic amines) is 1. The molecular formula is C26H29FN6O. The predicted octanol–water partition coefficient (Wildman–Crippen LogP) is 4.24. The zero-order chi connectivity index (χ0) is 23.8. The fraction of sp³-hybridized carbons (Fsp3) is 0.346. The number of nitrogens with zero attached hydrogens (tertiary/aromatic N) is 4. The van der Waals surface area contributed by atoms with Gasteiger partial charge in [-0.15, -0.1) is 0 Å². The van der Waals surface area contributed by atoms with Gasteiger partial charge in [0.15, 0.2) is 5.82 Å². The van der Waals surface area contributed by atoms with Gasteiger partial charge in [-0.1, -0.05) is 18.2 Å². The van der Waals surface area contributed by atoms with Crippen molar-refractivity contribution in [3.63, 3.8) is 0 Å². The number of rotatable bonds is 4. The second-order valence-electron chi connectivity index (χ2n) is 9.15. The largest absolute Gasteiger partial charge is 0.351 e. The van der Waals surface area contributed by atoms with Crippen molar-refractivity contribution in [3.8, 4) is 11.3 Å². The standard InChI is InChI=1S/C26H29FN6O/c1-16-6-4-5-7-21(16)33-15-28-25(34)22-23(20-9-8-18(27)14-17(20)2)30-26(31-24(22)33)29-19-10-12-32(3)13-11-19/h4-9,14,19H,10-13,15H2,1-3H3,(H,28,34)(H,29,30,31). The average molecular weight is 461 g/mol. The Morgan fingerprint density at radius 3 is 2.56 bits per heavy atom. The number of amides is 1. The number of aryl methyl sites for hydroxylation is 2. The third kappa shape index (κ3) is 4.21. The third-order valence-electron chi connectivity index (χ3n) is 6.67. The van der Waals surface area contributed by atoms with Gasteiger partial charge in [-0.05, 0) is 82.2 Å². The number of hydrogen-bond donors (Lipinski definition) is 2. The maximum atomic E-state index is 13.9. The lowest BCUT2D eigenvalue weighted by atomic mass is 9.99. The van der Waals surface area contributed by atoms with E-state index in [1.807, 2.05) is 43.0 Å². The fourth-order valence-electron chi connectivity index (χ4n) is 4.72. The number of nitrogens with one attached hydrogen (secondary N) is 2. The van der Waals surface area contributed by atoms with Gasteiger partial charge in [0.05, 0.1) is 12.4 Å². The van der Waals surface area contributed by atoms with Crippen LogP contribution in [0.4, 0.5) is 21.8 Å². The minimum atomic E-state index is -0.320. The van der Waals surface area contributed by atoms with Crippen molar-refractivity contribution in [3.05, 3.63) is 65.0 Å². The van der Waals surface area contributed by atoms with Crippen LogP contribution in [0.15, 0.2) is 42.5 Å². The van der Waals surface area contributed by atoms with Crippen LogP contribution in [-0.2, 0) is 0 Å². The van der Waals surface area contributed by atoms with Crippen molar-refractivity contribution in [1.82, 2.24) is 20.2 Å². The van der Waals surface area contributed by atoms with Gasteiger partial charge in [-0.2, -0.15) is 4.98 Å². The van der Waals surface area contributed by atoms with Crippen molar-refractivity contribution in [1.29, 1.82) is 0 Å². The van der Waals surface area contributed by atoms with Gasteiger partial charge < -0.3 is 20.4 Å². The molecule has 5 rings (SSSR count). The Bertz CT molecular complexity index is 1240. The molecule has 0 unspecified atom stereocenters. The van der Waals surface area contributed by atoms with Crippen molar-refractivity contribution in [2.75, 3.05) is 37.0 Å². The van der Waals surface area contributed by atoms with Crippen molar-refractivity contribution < 1.29 is 9.18 Å². The van der Waals surface area contributed by atoms with Crippen LogP contribution in [-0.4, -0.2) is 53.6 Å². The minimum Gasteiger partial charge on any atom is -0.351 e. The van der Waals surface area contributed by atoms with Crippen molar-refractivity contribution >= 4 is 23.4 Å². The molecular weight excluding hydrogens is 431 g/mol. The van der Waals surface area contributed by atoms with Crippen molar-refractivity contribution in [2.24, 2.45) is 0 Å². The Morgan fingerprint density at radius 2 is 1.82 bits per heavy atom. The van der Waals surface area contributed by atoms with E-state index >= 15 is 0 Å². The molecule has 0 spiro atoms. The summed E-state index contributed by atoms with van der Waals surface area (Å²) in [5.41, 5.74) is 4.38. The molecule has 8 heteroatoms. The maximum absolute atomic E-state index is 13.9. The van der Waals surface area contributed by atoms with E-state index in [9.17, 15) is 9.18 Å². The molecule has 176 valence electrons. The quantitative estimate of drug-likeness (QED) is 0.607. The van der Waals surface area contributed by atoms with E-state index in [4.69, 9.17) is 9.97 Å². The first-order valence-corrected chi connectivity index (χ1v) is 11.7. The van der Waals surface area contributed by atoms with E-state index < -0.39 is 0 Å². The normalized spacial score (nSPS) is 16.8. The van der Waals surface area contributed by atoms with Gasteiger partial charge in [0.1, 0.15) is 11.4 Å². The van der Waals surface area contributed by atoms with E-state index in [0.717, 1.165) is 37.2 Å². The molecule has 0 aliphatic carbocycles. The summed E-state index contributed by atoms with van der Waals surface area (Å²) in [5, 5.41) is 6.48. The van der Waals surface area contributed by atoms with Gasteiger partial charge in [0, 0.05) is 17.3 Å². The van der Waals surface area contributed by atoms with Gasteiger partial charge >= 0.3 is 0 Å². The van der Waals surface area contributed by atoms with E-state index in [0.29, 0.717) is 40.8 Å². The summed E-state index contributed by atoms with van der Waals surface area (Å²) >= 11 is 0. The molecule has 0 radical (unpaired) electrons. The van der Waals surface area contributed by atoms with Crippen LogP contribution >= 0.6 is 0 Å². The second-order valence-corrected chi connectivity index (χ2v) is 9.15. The number of carbonyl (C=O) groups is 1. The zero-order valence-electron chi connectivity index (χ0n) is 19.7. The smallest absolute Gasteiger partial charge is 0.258 e. The highest BCUT2D eigenvalue weighted by atomic mass is 19.1. The first kappa shape index (κ1) is 22.3. The van der Waals surface area contributed by atoms with Crippen LogP contribution in [0.3, 0.4) is 0 Å². The first-order chi connectivity index (χ1) is 16.4. The zero-order valence-corrected chi connectivity index (χ0v) is 19.7. The maximum Gasteiger partial charge on any atom is 0.258 e. The molecule has 3 heterocycles. The molecule has 1 fully saturated rings. The second kappa shape index (κ2) is 9.02. The summed E-state index contributed by atoms with van der Waals surface area (Å²) < 4.78 is 13.9. The molecule has 1 aromatic heterocycles. The molecule has 7 nitrogen and oxygen atoms in total. The lowest BCUT2D eigenvalue weighted by molar-refractivity contribution is 0.0949. The lowest BCUT2D eigenvalue weighted by Crippen LogP contribution is -2.43. The average Bonchev–Trinajstić information content (AvgIpc) is 2.81. The van der Waals surface area contributed by atoms with Crippen LogP contribution in [0.5, 0.6) is 0 Å². The first-order valence-electron chi connectivity index (χ1n) is 11.7. The van der Waals surface area contributed by atoms with E-state index in [2.05, 4.69) is 22.6 Å². The van der Waals surface area contributed by atoms with Crippen LogP contribution in [0, 0.1) is 19.7 Å². The molecule has 0 bridgehead atoms. The van der Waals surface area contributed by atoms with Crippen LogP contribution in [0.25, 0.3) is 11.3 Å². The highest BCUT2D eigenvalue weighted by Gasteiger charge is 2.32. The minimum absolute atomic E-state index is 0.232. The van der Waals surface area contributed by atoms with E-state index in [1.165, 1.54) is 12.1 Å². The number of benzene rings is 2. The molecule has 34 heavy (non-hydrogen) atoms. The summed E-state index contributed by atoms with van der Waals surface area (Å²) in [6, 6.07) is 12.8. The SMILES string of the molecule is Cc1cc(F)ccc1-c1nc(NC2CCN(C)CC2)nc2c1C(=O)NCN2c1ccccc1C. The Balaban J connectivity index is 1.67. The number of carbonyl (C=O) groups excluding carboxylic acids is 1. The summed E-state index contributed by atoms with van der Waals surface area (Å²) in [4.78, 5) is 27.1. The molecule has 0 saturated carbocycles. The molecule has 2 aliphatic rings. The van der Waals surface area contributed by atoms with Crippen LogP contribution in [0.1, 0.15) is 34.3 Å². The number of para-hydroxylation sites is 1. The Labute approximate surface area is 199 Å². The Hall–Kier alpha value is -3.52. The van der Waals surface area contributed by atoms with E-state index in [1.54, 1.807) is 6.07 Å². The highest BCUT2D eigenvalue weighted by Crippen LogP contribution is 2.37. The van der Waals surface area contributed by atoms with Gasteiger partial charge in [0.2, 0.25) is 5.95 Å². The molecule has 2 aromatic carbocycles. The lowest BCUT2D eigenvalue weighted by Gasteiger charge is -2.33. The molecule has 0 atom stereocenters. The van der Waals surface area contributed by atoms with Crippen LogP contribution in [0.2, 0.25) is 0 Å². The molecule has 3 aromatic rings.